The average molecular weight is 251 g/mol. The summed E-state index contributed by atoms with van der Waals surface area (Å²) in [6.07, 6.45) is 0.478. The van der Waals surface area contributed by atoms with Crippen LogP contribution in [0.25, 0.3) is 0 Å². The van der Waals surface area contributed by atoms with E-state index >= 15 is 0 Å². The van der Waals surface area contributed by atoms with Crippen LogP contribution >= 0.6 is 0 Å². The van der Waals surface area contributed by atoms with Crippen LogP contribution in [0.15, 0.2) is 24.3 Å². The second-order valence-corrected chi connectivity index (χ2v) is 3.95. The molecule has 0 bridgehead atoms. The van der Waals surface area contributed by atoms with Crippen LogP contribution in [-0.4, -0.2) is 39.1 Å². The van der Waals surface area contributed by atoms with E-state index in [9.17, 15) is 4.79 Å². The zero-order chi connectivity index (χ0) is 12.8. The Morgan fingerprint density at radius 3 is 2.94 bits per heavy atom. The van der Waals surface area contributed by atoms with Gasteiger partial charge in [0.1, 0.15) is 5.75 Å². The predicted molar refractivity (Wildman–Crippen MR) is 65.6 cm³/mol. The van der Waals surface area contributed by atoms with Crippen LogP contribution in [0, 0.1) is 0 Å². The van der Waals surface area contributed by atoms with Gasteiger partial charge in [-0.2, -0.15) is 0 Å². The minimum atomic E-state index is -0.185. The van der Waals surface area contributed by atoms with E-state index in [1.54, 1.807) is 31.4 Å². The van der Waals surface area contributed by atoms with Gasteiger partial charge in [-0.1, -0.05) is 6.07 Å². The lowest BCUT2D eigenvalue weighted by Crippen LogP contribution is -2.27. The highest BCUT2D eigenvalue weighted by Gasteiger charge is 2.15. The molecule has 1 heterocycles. The number of hydrogen-bond acceptors (Lipinski definition) is 4. The molecule has 18 heavy (non-hydrogen) atoms. The van der Waals surface area contributed by atoms with Gasteiger partial charge < -0.3 is 19.5 Å². The fraction of sp³-hybridized carbons (Fsp3) is 0.462. The van der Waals surface area contributed by atoms with Crippen molar-refractivity contribution < 1.29 is 19.0 Å². The van der Waals surface area contributed by atoms with Crippen molar-refractivity contribution in [2.24, 2.45) is 0 Å². The summed E-state index contributed by atoms with van der Waals surface area (Å²) < 4.78 is 15.6. The van der Waals surface area contributed by atoms with Crippen molar-refractivity contribution in [1.29, 1.82) is 0 Å². The molecule has 5 heteroatoms. The SMILES string of the molecule is COc1cccc(C(=O)NCCC2OCCO2)c1. The van der Waals surface area contributed by atoms with Crippen LogP contribution in [0.2, 0.25) is 0 Å². The molecule has 0 atom stereocenters. The lowest BCUT2D eigenvalue weighted by molar-refractivity contribution is -0.0455. The molecular weight excluding hydrogens is 234 g/mol. The summed E-state index contributed by atoms with van der Waals surface area (Å²) >= 11 is 0. The summed E-state index contributed by atoms with van der Waals surface area (Å²) in [6, 6.07) is 7.05. The van der Waals surface area contributed by atoms with E-state index in [0.29, 0.717) is 37.5 Å². The maximum Gasteiger partial charge on any atom is 0.251 e. The smallest absolute Gasteiger partial charge is 0.251 e. The lowest BCUT2D eigenvalue weighted by Gasteiger charge is -2.10. The molecule has 5 nitrogen and oxygen atoms in total. The molecule has 0 radical (unpaired) electrons. The topological polar surface area (TPSA) is 56.8 Å². The van der Waals surface area contributed by atoms with Crippen LogP contribution in [0.5, 0.6) is 5.75 Å². The molecule has 1 aliphatic rings. The van der Waals surface area contributed by atoms with Crippen molar-refractivity contribution in [2.45, 2.75) is 12.7 Å². The Hall–Kier alpha value is -1.59. The second-order valence-electron chi connectivity index (χ2n) is 3.95. The average Bonchev–Trinajstić information content (AvgIpc) is 2.92. The molecule has 1 saturated heterocycles. The van der Waals surface area contributed by atoms with Gasteiger partial charge in [-0.3, -0.25) is 4.79 Å². The molecule has 1 N–H and O–H groups in total. The van der Waals surface area contributed by atoms with Gasteiger partial charge >= 0.3 is 0 Å². The van der Waals surface area contributed by atoms with Gasteiger partial charge in [0.05, 0.1) is 20.3 Å². The number of methoxy groups -OCH3 is 1. The number of carbonyl (C=O) groups excluding carboxylic acids is 1. The number of hydrogen-bond donors (Lipinski definition) is 1. The first-order valence-electron chi connectivity index (χ1n) is 5.95. The molecule has 1 aliphatic heterocycles. The summed E-state index contributed by atoms with van der Waals surface area (Å²) in [5.41, 5.74) is 0.586. The third-order valence-electron chi connectivity index (χ3n) is 2.69. The van der Waals surface area contributed by atoms with Crippen molar-refractivity contribution >= 4 is 5.91 Å². The molecule has 1 fully saturated rings. The molecule has 0 spiro atoms. The van der Waals surface area contributed by atoms with Crippen molar-refractivity contribution in [3.05, 3.63) is 29.8 Å². The van der Waals surface area contributed by atoms with Crippen molar-refractivity contribution in [1.82, 2.24) is 5.32 Å². The van der Waals surface area contributed by atoms with Gasteiger partial charge in [-0.05, 0) is 18.2 Å². The largest absolute Gasteiger partial charge is 0.497 e. The standard InChI is InChI=1S/C13H17NO4/c1-16-11-4-2-3-10(9-11)13(15)14-6-5-12-17-7-8-18-12/h2-4,9,12H,5-8H2,1H3,(H,14,15). The molecule has 0 aliphatic carbocycles. The van der Waals surface area contributed by atoms with E-state index < -0.39 is 0 Å². The third kappa shape index (κ3) is 3.45. The van der Waals surface area contributed by atoms with E-state index in [1.165, 1.54) is 0 Å². The van der Waals surface area contributed by atoms with Crippen molar-refractivity contribution in [3.8, 4) is 5.75 Å². The van der Waals surface area contributed by atoms with Gasteiger partial charge in [0.25, 0.3) is 5.91 Å². The summed E-state index contributed by atoms with van der Waals surface area (Å²) in [4.78, 5) is 11.8. The van der Waals surface area contributed by atoms with E-state index in [4.69, 9.17) is 14.2 Å². The van der Waals surface area contributed by atoms with Gasteiger partial charge in [-0.25, -0.2) is 0 Å². The summed E-state index contributed by atoms with van der Waals surface area (Å²) in [5.74, 6) is 0.553. The highest BCUT2D eigenvalue weighted by Crippen LogP contribution is 2.12. The first-order valence-corrected chi connectivity index (χ1v) is 5.95. The minimum absolute atomic E-state index is 0.119. The molecule has 98 valence electrons. The van der Waals surface area contributed by atoms with E-state index in [0.717, 1.165) is 0 Å². The van der Waals surface area contributed by atoms with E-state index in [-0.39, 0.29) is 12.2 Å². The normalized spacial score (nSPS) is 15.6. The number of ether oxygens (including phenoxy) is 3. The van der Waals surface area contributed by atoms with Crippen LogP contribution in [0.1, 0.15) is 16.8 Å². The first kappa shape index (κ1) is 12.9. The number of carbonyl (C=O) groups is 1. The number of amides is 1. The van der Waals surface area contributed by atoms with Crippen LogP contribution in [-0.2, 0) is 9.47 Å². The van der Waals surface area contributed by atoms with Crippen LogP contribution in [0.4, 0.5) is 0 Å². The summed E-state index contributed by atoms with van der Waals surface area (Å²) in [6.45, 7) is 1.80. The zero-order valence-corrected chi connectivity index (χ0v) is 10.3. The predicted octanol–water partition coefficient (Wildman–Crippen LogP) is 1.19. The Morgan fingerprint density at radius 1 is 1.44 bits per heavy atom. The van der Waals surface area contributed by atoms with E-state index in [1.807, 2.05) is 0 Å². The van der Waals surface area contributed by atoms with Crippen LogP contribution < -0.4 is 10.1 Å². The molecule has 0 unspecified atom stereocenters. The van der Waals surface area contributed by atoms with Gasteiger partial charge in [0.2, 0.25) is 0 Å². The Morgan fingerprint density at radius 2 is 2.22 bits per heavy atom. The maximum atomic E-state index is 11.8. The fourth-order valence-electron chi connectivity index (χ4n) is 1.74. The van der Waals surface area contributed by atoms with Gasteiger partial charge in [0, 0.05) is 18.5 Å². The highest BCUT2D eigenvalue weighted by atomic mass is 16.7. The molecule has 2 rings (SSSR count). The van der Waals surface area contributed by atoms with E-state index in [2.05, 4.69) is 5.32 Å². The van der Waals surface area contributed by atoms with Crippen molar-refractivity contribution in [2.75, 3.05) is 26.9 Å². The Kier molecular flexibility index (Phi) is 4.55. The quantitative estimate of drug-likeness (QED) is 0.854. The zero-order valence-electron chi connectivity index (χ0n) is 10.3. The van der Waals surface area contributed by atoms with Gasteiger partial charge in [-0.15, -0.1) is 0 Å². The minimum Gasteiger partial charge on any atom is -0.497 e. The number of rotatable bonds is 5. The number of benzene rings is 1. The Balaban J connectivity index is 1.79. The van der Waals surface area contributed by atoms with Gasteiger partial charge in [0.15, 0.2) is 6.29 Å². The number of nitrogens with one attached hydrogen (secondary N) is 1. The summed E-state index contributed by atoms with van der Waals surface area (Å²) in [7, 11) is 1.58. The molecule has 0 aromatic heterocycles. The lowest BCUT2D eigenvalue weighted by atomic mass is 10.2. The Labute approximate surface area is 106 Å². The molecular formula is C13H17NO4. The molecule has 1 amide bonds. The molecule has 1 aromatic carbocycles. The monoisotopic (exact) mass is 251 g/mol. The summed E-state index contributed by atoms with van der Waals surface area (Å²) in [5, 5.41) is 2.82. The third-order valence-corrected chi connectivity index (χ3v) is 2.69. The first-order chi connectivity index (χ1) is 8.79. The maximum absolute atomic E-state index is 11.8. The Bertz CT molecular complexity index is 402. The van der Waals surface area contributed by atoms with Crippen LogP contribution in [0.3, 0.4) is 0 Å². The fourth-order valence-corrected chi connectivity index (χ4v) is 1.74. The van der Waals surface area contributed by atoms with Crippen molar-refractivity contribution in [3.63, 3.8) is 0 Å². The highest BCUT2D eigenvalue weighted by molar-refractivity contribution is 5.94. The molecule has 1 aromatic rings. The second kappa shape index (κ2) is 6.37. The molecule has 0 saturated carbocycles.